The number of halogens is 3. The summed E-state index contributed by atoms with van der Waals surface area (Å²) in [5.74, 6) is -0.647. The molecule has 0 radical (unpaired) electrons. The number of nitrogens with one attached hydrogen (secondary N) is 1. The first-order valence-electron chi connectivity index (χ1n) is 6.33. The number of nitrogens with two attached hydrogens (primary N) is 1. The zero-order valence-electron chi connectivity index (χ0n) is 11.6. The second-order valence-electron chi connectivity index (χ2n) is 4.61. The molecule has 5 nitrogen and oxygen atoms in total. The molecule has 1 amide bonds. The van der Waals surface area contributed by atoms with Crippen molar-refractivity contribution in [2.75, 3.05) is 5.73 Å². The van der Waals surface area contributed by atoms with Crippen LogP contribution in [0, 0.1) is 0 Å². The number of benzene rings is 1. The summed E-state index contributed by atoms with van der Waals surface area (Å²) in [7, 11) is 0. The van der Waals surface area contributed by atoms with Gasteiger partial charge in [0.15, 0.2) is 11.5 Å². The fourth-order valence-corrected chi connectivity index (χ4v) is 1.86. The maximum absolute atomic E-state index is 12.7. The summed E-state index contributed by atoms with van der Waals surface area (Å²) in [6.45, 7) is 1.57. The maximum Gasteiger partial charge on any atom is 0.416 e. The largest absolute Gasteiger partial charge is 0.416 e. The highest BCUT2D eigenvalue weighted by Crippen LogP contribution is 2.30. The molecule has 0 aliphatic heterocycles. The summed E-state index contributed by atoms with van der Waals surface area (Å²) in [4.78, 5) is 19.5. The molecule has 0 aliphatic rings. The van der Waals surface area contributed by atoms with E-state index in [9.17, 15) is 18.0 Å². The monoisotopic (exact) mass is 310 g/mol. The highest BCUT2D eigenvalue weighted by atomic mass is 19.4. The highest BCUT2D eigenvalue weighted by molar-refractivity contribution is 5.96. The molecule has 1 atom stereocenters. The average Bonchev–Trinajstić information content (AvgIpc) is 2.46. The van der Waals surface area contributed by atoms with Crippen molar-refractivity contribution in [3.05, 3.63) is 53.5 Å². The molecule has 3 N–H and O–H groups in total. The van der Waals surface area contributed by atoms with E-state index >= 15 is 0 Å². The first-order chi connectivity index (χ1) is 10.3. The molecule has 2 aromatic rings. The van der Waals surface area contributed by atoms with Crippen molar-refractivity contribution in [2.45, 2.75) is 19.1 Å². The van der Waals surface area contributed by atoms with Crippen LogP contribution in [0.2, 0.25) is 0 Å². The predicted molar refractivity (Wildman–Crippen MR) is 73.8 cm³/mol. The molecule has 116 valence electrons. The smallest absolute Gasteiger partial charge is 0.382 e. The van der Waals surface area contributed by atoms with E-state index in [-0.39, 0.29) is 11.5 Å². The van der Waals surface area contributed by atoms with E-state index in [0.717, 1.165) is 12.1 Å². The van der Waals surface area contributed by atoms with E-state index in [4.69, 9.17) is 5.73 Å². The number of nitrogen functional groups attached to an aromatic ring is 1. The summed E-state index contributed by atoms with van der Waals surface area (Å²) in [5, 5.41) is 2.54. The molecule has 1 aromatic carbocycles. The van der Waals surface area contributed by atoms with Gasteiger partial charge in [-0.25, -0.2) is 9.97 Å². The lowest BCUT2D eigenvalue weighted by Gasteiger charge is -2.16. The number of anilines is 1. The van der Waals surface area contributed by atoms with Crippen molar-refractivity contribution in [2.24, 2.45) is 0 Å². The molecule has 0 fully saturated rings. The Morgan fingerprint density at radius 2 is 1.95 bits per heavy atom. The molecular formula is C14H13F3N4O. The van der Waals surface area contributed by atoms with Gasteiger partial charge in [0, 0.05) is 12.4 Å². The van der Waals surface area contributed by atoms with Crippen molar-refractivity contribution in [3.8, 4) is 0 Å². The Labute approximate surface area is 124 Å². The third-order valence-corrected chi connectivity index (χ3v) is 3.00. The standard InChI is InChI=1S/C14H13F3N4O/c1-8(9-3-2-4-10(7-9)14(15,16)17)21-13(22)11-12(18)20-6-5-19-11/h2-8H,1H3,(H2,18,20)(H,21,22)/t8-/m1/s1. The summed E-state index contributed by atoms with van der Waals surface area (Å²) in [6, 6.07) is 4.11. The average molecular weight is 310 g/mol. The van der Waals surface area contributed by atoms with Gasteiger partial charge in [-0.1, -0.05) is 12.1 Å². The zero-order valence-corrected chi connectivity index (χ0v) is 11.6. The van der Waals surface area contributed by atoms with E-state index in [2.05, 4.69) is 15.3 Å². The van der Waals surface area contributed by atoms with Gasteiger partial charge in [-0.2, -0.15) is 13.2 Å². The molecule has 0 saturated carbocycles. The number of carbonyl (C=O) groups is 1. The zero-order chi connectivity index (χ0) is 16.3. The van der Waals surface area contributed by atoms with Crippen LogP contribution in [0.4, 0.5) is 19.0 Å². The van der Waals surface area contributed by atoms with Crippen molar-refractivity contribution in [1.29, 1.82) is 0 Å². The fourth-order valence-electron chi connectivity index (χ4n) is 1.86. The minimum Gasteiger partial charge on any atom is -0.382 e. The van der Waals surface area contributed by atoms with Crippen molar-refractivity contribution >= 4 is 11.7 Å². The molecule has 0 unspecified atom stereocenters. The molecular weight excluding hydrogens is 297 g/mol. The lowest BCUT2D eigenvalue weighted by molar-refractivity contribution is -0.137. The van der Waals surface area contributed by atoms with E-state index in [1.807, 2.05) is 0 Å². The third kappa shape index (κ3) is 3.51. The molecule has 1 heterocycles. The van der Waals surface area contributed by atoms with Gasteiger partial charge in [0.1, 0.15) is 0 Å². The Morgan fingerprint density at radius 3 is 2.59 bits per heavy atom. The topological polar surface area (TPSA) is 80.9 Å². The number of carbonyl (C=O) groups excluding carboxylic acids is 1. The first-order valence-corrected chi connectivity index (χ1v) is 6.33. The van der Waals surface area contributed by atoms with Crippen molar-refractivity contribution in [3.63, 3.8) is 0 Å². The highest BCUT2D eigenvalue weighted by Gasteiger charge is 2.30. The van der Waals surface area contributed by atoms with E-state index in [1.165, 1.54) is 24.5 Å². The van der Waals surface area contributed by atoms with Crippen LogP contribution >= 0.6 is 0 Å². The van der Waals surface area contributed by atoms with E-state index < -0.39 is 23.7 Å². The summed E-state index contributed by atoms with van der Waals surface area (Å²) >= 11 is 0. The molecule has 1 aromatic heterocycles. The molecule has 0 aliphatic carbocycles. The Morgan fingerprint density at radius 1 is 1.27 bits per heavy atom. The van der Waals surface area contributed by atoms with Crippen LogP contribution in [0.1, 0.15) is 34.6 Å². The van der Waals surface area contributed by atoms with Crippen LogP contribution in [0.15, 0.2) is 36.7 Å². The van der Waals surface area contributed by atoms with Crippen molar-refractivity contribution < 1.29 is 18.0 Å². The molecule has 2 rings (SSSR count). The van der Waals surface area contributed by atoms with Crippen molar-refractivity contribution in [1.82, 2.24) is 15.3 Å². The van der Waals surface area contributed by atoms with Gasteiger partial charge in [0.05, 0.1) is 11.6 Å². The summed E-state index contributed by atoms with van der Waals surface area (Å²) in [5.41, 5.74) is 5.02. The normalized spacial score (nSPS) is 12.7. The molecule has 0 saturated heterocycles. The van der Waals surface area contributed by atoms with Gasteiger partial charge in [0.25, 0.3) is 5.91 Å². The predicted octanol–water partition coefficient (Wildman–Crippen LogP) is 2.57. The number of hydrogen-bond acceptors (Lipinski definition) is 4. The second-order valence-corrected chi connectivity index (χ2v) is 4.61. The van der Waals surface area contributed by atoms with Crippen LogP contribution in [-0.4, -0.2) is 15.9 Å². The Hall–Kier alpha value is -2.64. The summed E-state index contributed by atoms with van der Waals surface area (Å²) < 4.78 is 38.1. The van der Waals surface area contributed by atoms with Gasteiger partial charge >= 0.3 is 6.18 Å². The molecule has 0 spiro atoms. The number of nitrogens with zero attached hydrogens (tertiary/aromatic N) is 2. The lowest BCUT2D eigenvalue weighted by atomic mass is 10.0. The molecule has 22 heavy (non-hydrogen) atoms. The van der Waals surface area contributed by atoms with E-state index in [1.54, 1.807) is 6.92 Å². The Kier molecular flexibility index (Phi) is 4.30. The SMILES string of the molecule is C[C@@H](NC(=O)c1nccnc1N)c1cccc(C(F)(F)F)c1. The fraction of sp³-hybridized carbons (Fsp3) is 0.214. The minimum atomic E-state index is -4.44. The minimum absolute atomic E-state index is 0.0451. The second kappa shape index (κ2) is 6.00. The quantitative estimate of drug-likeness (QED) is 0.913. The van der Waals surface area contributed by atoms with Crippen LogP contribution < -0.4 is 11.1 Å². The summed E-state index contributed by atoms with van der Waals surface area (Å²) in [6.07, 6.45) is -1.79. The Bertz CT molecular complexity index is 688. The molecule has 0 bridgehead atoms. The van der Waals surface area contributed by atoms with Crippen LogP contribution in [0.3, 0.4) is 0 Å². The number of alkyl halides is 3. The van der Waals surface area contributed by atoms with Crippen LogP contribution in [-0.2, 0) is 6.18 Å². The number of rotatable bonds is 3. The lowest BCUT2D eigenvalue weighted by Crippen LogP contribution is -2.28. The van der Waals surface area contributed by atoms with Gasteiger partial charge in [-0.05, 0) is 24.6 Å². The van der Waals surface area contributed by atoms with Crippen LogP contribution in [0.5, 0.6) is 0 Å². The van der Waals surface area contributed by atoms with Gasteiger partial charge in [-0.15, -0.1) is 0 Å². The van der Waals surface area contributed by atoms with Gasteiger partial charge in [-0.3, -0.25) is 4.79 Å². The molecule has 8 heteroatoms. The van der Waals surface area contributed by atoms with Gasteiger partial charge < -0.3 is 11.1 Å². The maximum atomic E-state index is 12.7. The van der Waals surface area contributed by atoms with Gasteiger partial charge in [0.2, 0.25) is 0 Å². The number of aromatic nitrogens is 2. The van der Waals surface area contributed by atoms with E-state index in [0.29, 0.717) is 5.56 Å². The Balaban J connectivity index is 2.18. The number of amides is 1. The third-order valence-electron chi connectivity index (χ3n) is 3.00. The van der Waals surface area contributed by atoms with Crippen LogP contribution in [0.25, 0.3) is 0 Å². The number of hydrogen-bond donors (Lipinski definition) is 2. The first kappa shape index (κ1) is 15.7.